The van der Waals surface area contributed by atoms with Gasteiger partial charge < -0.3 is 15.4 Å². The third-order valence-electron chi connectivity index (χ3n) is 4.42. The number of nitrogens with one attached hydrogen (secondary N) is 3. The zero-order valence-corrected chi connectivity index (χ0v) is 16.3. The number of methoxy groups -OCH3 is 1. The number of anilines is 2. The maximum absolute atomic E-state index is 5.41. The summed E-state index contributed by atoms with van der Waals surface area (Å²) in [5.74, 6) is 0.773. The molecule has 140 valence electrons. The summed E-state index contributed by atoms with van der Waals surface area (Å²) in [6.45, 7) is 2.00. The van der Waals surface area contributed by atoms with E-state index in [0.717, 1.165) is 45.0 Å². The molecule has 0 amide bonds. The van der Waals surface area contributed by atoms with Gasteiger partial charge in [0, 0.05) is 34.7 Å². The molecule has 28 heavy (non-hydrogen) atoms. The lowest BCUT2D eigenvalue weighted by Crippen LogP contribution is -2.18. The minimum Gasteiger partial charge on any atom is -0.497 e. The molecule has 0 spiro atoms. The van der Waals surface area contributed by atoms with Crippen LogP contribution in [0.4, 0.5) is 11.4 Å². The molecule has 4 aromatic rings. The van der Waals surface area contributed by atoms with Gasteiger partial charge in [-0.1, -0.05) is 18.2 Å². The Morgan fingerprint density at radius 2 is 1.82 bits per heavy atom. The van der Waals surface area contributed by atoms with Crippen LogP contribution in [0.2, 0.25) is 0 Å². The molecule has 7 heteroatoms. The van der Waals surface area contributed by atoms with Crippen molar-refractivity contribution < 1.29 is 4.74 Å². The third-order valence-corrected chi connectivity index (χ3v) is 4.62. The highest BCUT2D eigenvalue weighted by atomic mass is 32.1. The van der Waals surface area contributed by atoms with Gasteiger partial charge in [0.25, 0.3) is 0 Å². The molecule has 0 bridgehead atoms. The second-order valence-corrected chi connectivity index (χ2v) is 6.70. The SMILES string of the molecule is COc1cccc(NC(=S)Nc2ccc(-c3ccnc4n[nH]c(C)c34)cc2)c1. The van der Waals surface area contributed by atoms with Crippen LogP contribution < -0.4 is 15.4 Å². The van der Waals surface area contributed by atoms with Crippen LogP contribution in [0.25, 0.3) is 22.2 Å². The number of H-pyrrole nitrogens is 1. The first-order chi connectivity index (χ1) is 13.6. The zero-order chi connectivity index (χ0) is 19.5. The van der Waals surface area contributed by atoms with E-state index in [4.69, 9.17) is 17.0 Å². The fraction of sp³-hybridized carbons (Fsp3) is 0.0952. The third kappa shape index (κ3) is 3.65. The highest BCUT2D eigenvalue weighted by Crippen LogP contribution is 2.29. The molecule has 2 aromatic carbocycles. The molecular weight excluding hydrogens is 370 g/mol. The van der Waals surface area contributed by atoms with Crippen LogP contribution in [-0.2, 0) is 0 Å². The molecule has 4 rings (SSSR count). The van der Waals surface area contributed by atoms with Gasteiger partial charge in [-0.2, -0.15) is 5.10 Å². The summed E-state index contributed by atoms with van der Waals surface area (Å²) in [4.78, 5) is 4.31. The van der Waals surface area contributed by atoms with Gasteiger partial charge in [0.05, 0.1) is 7.11 Å². The van der Waals surface area contributed by atoms with Gasteiger partial charge in [0.15, 0.2) is 10.8 Å². The van der Waals surface area contributed by atoms with Crippen LogP contribution in [0.1, 0.15) is 5.69 Å². The number of aryl methyl sites for hydroxylation is 1. The topological polar surface area (TPSA) is 74.9 Å². The van der Waals surface area contributed by atoms with Gasteiger partial charge in [0.1, 0.15) is 5.75 Å². The molecule has 2 heterocycles. The normalized spacial score (nSPS) is 10.6. The predicted octanol–water partition coefficient (Wildman–Crippen LogP) is 4.75. The average molecular weight is 389 g/mol. The van der Waals surface area contributed by atoms with E-state index in [9.17, 15) is 0 Å². The molecule has 0 unspecified atom stereocenters. The van der Waals surface area contributed by atoms with Gasteiger partial charge in [-0.05, 0) is 60.6 Å². The Morgan fingerprint density at radius 3 is 2.61 bits per heavy atom. The Bertz CT molecular complexity index is 1140. The van der Waals surface area contributed by atoms with Crippen LogP contribution >= 0.6 is 12.2 Å². The first kappa shape index (κ1) is 17.9. The molecule has 0 aliphatic rings. The minimum absolute atomic E-state index is 0.512. The molecule has 0 saturated heterocycles. The van der Waals surface area contributed by atoms with E-state index in [1.807, 2.05) is 49.4 Å². The summed E-state index contributed by atoms with van der Waals surface area (Å²) in [6, 6.07) is 17.7. The van der Waals surface area contributed by atoms with Crippen LogP contribution in [0.15, 0.2) is 60.8 Å². The Kier molecular flexibility index (Phi) is 4.90. The van der Waals surface area contributed by atoms with Gasteiger partial charge in [-0.3, -0.25) is 5.10 Å². The average Bonchev–Trinajstić information content (AvgIpc) is 3.10. The Morgan fingerprint density at radius 1 is 1.04 bits per heavy atom. The first-order valence-electron chi connectivity index (χ1n) is 8.76. The van der Waals surface area contributed by atoms with Crippen LogP contribution in [0.3, 0.4) is 0 Å². The summed E-state index contributed by atoms with van der Waals surface area (Å²) in [5.41, 5.74) is 5.68. The lowest BCUT2D eigenvalue weighted by atomic mass is 10.0. The molecule has 0 aliphatic heterocycles. The molecule has 0 fully saturated rings. The maximum atomic E-state index is 5.41. The van der Waals surface area contributed by atoms with Crippen LogP contribution in [-0.4, -0.2) is 27.4 Å². The van der Waals surface area contributed by atoms with E-state index in [2.05, 4.69) is 37.9 Å². The highest BCUT2D eigenvalue weighted by Gasteiger charge is 2.10. The van der Waals surface area contributed by atoms with Crippen molar-refractivity contribution in [2.45, 2.75) is 6.92 Å². The van der Waals surface area contributed by atoms with E-state index >= 15 is 0 Å². The number of hydrogen-bond acceptors (Lipinski definition) is 4. The fourth-order valence-corrected chi connectivity index (χ4v) is 3.30. The Labute approximate surface area is 168 Å². The van der Waals surface area contributed by atoms with Crippen molar-refractivity contribution in [3.63, 3.8) is 0 Å². The molecule has 0 radical (unpaired) electrons. The van der Waals surface area contributed by atoms with Gasteiger partial charge in [0.2, 0.25) is 0 Å². The summed E-state index contributed by atoms with van der Waals surface area (Å²) in [5, 5.41) is 15.1. The van der Waals surface area contributed by atoms with E-state index in [0.29, 0.717) is 5.11 Å². The van der Waals surface area contributed by atoms with Gasteiger partial charge in [-0.25, -0.2) is 4.98 Å². The number of aromatic nitrogens is 3. The summed E-state index contributed by atoms with van der Waals surface area (Å²) >= 11 is 5.41. The Hall–Kier alpha value is -3.45. The summed E-state index contributed by atoms with van der Waals surface area (Å²) < 4.78 is 5.23. The summed E-state index contributed by atoms with van der Waals surface area (Å²) in [7, 11) is 1.64. The molecule has 3 N–H and O–H groups in total. The second kappa shape index (κ2) is 7.66. The van der Waals surface area contributed by atoms with E-state index in [1.165, 1.54) is 0 Å². The Balaban J connectivity index is 1.50. The highest BCUT2D eigenvalue weighted by molar-refractivity contribution is 7.80. The van der Waals surface area contributed by atoms with Crippen molar-refractivity contribution in [2.75, 3.05) is 17.7 Å². The number of rotatable bonds is 4. The summed E-state index contributed by atoms with van der Waals surface area (Å²) in [6.07, 6.45) is 1.78. The van der Waals surface area contributed by atoms with Crippen molar-refractivity contribution in [2.24, 2.45) is 0 Å². The van der Waals surface area contributed by atoms with Gasteiger partial charge >= 0.3 is 0 Å². The van der Waals surface area contributed by atoms with Crippen molar-refractivity contribution in [3.05, 3.63) is 66.5 Å². The van der Waals surface area contributed by atoms with Crippen LogP contribution in [0.5, 0.6) is 5.75 Å². The van der Waals surface area contributed by atoms with Crippen molar-refractivity contribution >= 4 is 39.7 Å². The fourth-order valence-electron chi connectivity index (χ4n) is 3.07. The molecule has 0 aliphatic carbocycles. The number of pyridine rings is 1. The zero-order valence-electron chi connectivity index (χ0n) is 15.5. The molecule has 2 aromatic heterocycles. The first-order valence-corrected chi connectivity index (χ1v) is 9.17. The standard InChI is InChI=1S/C21H19N5OS/c1-13-19-18(10-11-22-20(19)26-25-13)14-6-8-15(9-7-14)23-21(28)24-16-4-3-5-17(12-16)27-2/h3-12H,1-2H3,(H,22,25,26)(H2,23,24,28). The molecular formula is C21H19N5OS. The number of nitrogens with zero attached hydrogens (tertiary/aromatic N) is 2. The predicted molar refractivity (Wildman–Crippen MR) is 117 cm³/mol. The minimum atomic E-state index is 0.512. The lowest BCUT2D eigenvalue weighted by molar-refractivity contribution is 0.415. The van der Waals surface area contributed by atoms with Crippen molar-refractivity contribution in [1.29, 1.82) is 0 Å². The second-order valence-electron chi connectivity index (χ2n) is 6.29. The maximum Gasteiger partial charge on any atom is 0.181 e. The molecule has 6 nitrogen and oxygen atoms in total. The van der Waals surface area contributed by atoms with E-state index in [1.54, 1.807) is 13.3 Å². The van der Waals surface area contributed by atoms with E-state index < -0.39 is 0 Å². The number of thiocarbonyl (C=S) groups is 1. The number of hydrogen-bond donors (Lipinski definition) is 3. The number of aromatic amines is 1. The quantitative estimate of drug-likeness (QED) is 0.437. The largest absolute Gasteiger partial charge is 0.497 e. The van der Waals surface area contributed by atoms with Crippen molar-refractivity contribution in [3.8, 4) is 16.9 Å². The number of fused-ring (bicyclic) bond motifs is 1. The molecule has 0 atom stereocenters. The molecule has 0 saturated carbocycles. The van der Waals surface area contributed by atoms with Crippen molar-refractivity contribution in [1.82, 2.24) is 15.2 Å². The number of ether oxygens (including phenoxy) is 1. The van der Waals surface area contributed by atoms with Crippen LogP contribution in [0, 0.1) is 6.92 Å². The smallest absolute Gasteiger partial charge is 0.181 e. The van der Waals surface area contributed by atoms with E-state index in [-0.39, 0.29) is 0 Å². The monoisotopic (exact) mass is 389 g/mol. The number of benzene rings is 2. The lowest BCUT2D eigenvalue weighted by Gasteiger charge is -2.12. The van der Waals surface area contributed by atoms with Gasteiger partial charge in [-0.15, -0.1) is 0 Å².